The molecule has 0 aromatic carbocycles. The lowest BCUT2D eigenvalue weighted by Gasteiger charge is -2.30. The molecule has 5 nitrogen and oxygen atoms in total. The number of hydrogen-bond acceptors (Lipinski definition) is 4. The van der Waals surface area contributed by atoms with Gasteiger partial charge in [-0.15, -0.1) is 0 Å². The standard InChI is InChI=1S/C17H32N2O3/c1-10(2)13(12(5)20)9-15(21)14-7-6-8-19(14)17(22)16(18)11(3)4/h10-14,16,20H,6-9,18H2,1-5H3/t12?,13?,14-,16-/m1/s1. The number of amides is 1. The van der Waals surface area contributed by atoms with E-state index in [1.807, 2.05) is 27.7 Å². The Morgan fingerprint density at radius 2 is 1.77 bits per heavy atom. The first-order chi connectivity index (χ1) is 10.2. The molecule has 1 amide bonds. The summed E-state index contributed by atoms with van der Waals surface area (Å²) in [5, 5.41) is 9.86. The SMILES string of the molecule is CC(C)C(CC(=O)[C@H]1CCCN1C(=O)[C@H](N)C(C)C)C(C)O. The molecule has 1 fully saturated rings. The van der Waals surface area contributed by atoms with Gasteiger partial charge in [0.2, 0.25) is 5.91 Å². The number of nitrogens with two attached hydrogens (primary N) is 1. The summed E-state index contributed by atoms with van der Waals surface area (Å²) in [4.78, 5) is 26.7. The maximum Gasteiger partial charge on any atom is 0.240 e. The molecule has 0 aromatic rings. The summed E-state index contributed by atoms with van der Waals surface area (Å²) in [6.45, 7) is 10.2. The van der Waals surface area contributed by atoms with E-state index < -0.39 is 12.1 Å². The summed E-state index contributed by atoms with van der Waals surface area (Å²) in [5.41, 5.74) is 5.96. The number of rotatable bonds is 7. The number of carbonyl (C=O) groups is 2. The van der Waals surface area contributed by atoms with Gasteiger partial charge in [0.25, 0.3) is 0 Å². The number of nitrogens with zero attached hydrogens (tertiary/aromatic N) is 1. The highest BCUT2D eigenvalue weighted by molar-refractivity contribution is 5.91. The minimum Gasteiger partial charge on any atom is -0.393 e. The molecule has 0 spiro atoms. The zero-order valence-electron chi connectivity index (χ0n) is 14.6. The minimum absolute atomic E-state index is 0.0569. The van der Waals surface area contributed by atoms with E-state index in [1.165, 1.54) is 0 Å². The molecule has 0 saturated carbocycles. The maximum atomic E-state index is 12.6. The van der Waals surface area contributed by atoms with Crippen molar-refractivity contribution in [3.63, 3.8) is 0 Å². The predicted molar refractivity (Wildman–Crippen MR) is 87.2 cm³/mol. The van der Waals surface area contributed by atoms with Gasteiger partial charge in [-0.2, -0.15) is 0 Å². The number of likely N-dealkylation sites (tertiary alicyclic amines) is 1. The van der Waals surface area contributed by atoms with Gasteiger partial charge >= 0.3 is 0 Å². The Morgan fingerprint density at radius 1 is 1.18 bits per heavy atom. The van der Waals surface area contributed by atoms with Gasteiger partial charge in [0, 0.05) is 13.0 Å². The Labute approximate surface area is 134 Å². The molecule has 0 aromatic heterocycles. The van der Waals surface area contributed by atoms with Gasteiger partial charge in [-0.25, -0.2) is 0 Å². The third-order valence-electron chi connectivity index (χ3n) is 4.82. The van der Waals surface area contributed by atoms with Gasteiger partial charge < -0.3 is 15.7 Å². The van der Waals surface area contributed by atoms with Crippen molar-refractivity contribution in [2.24, 2.45) is 23.5 Å². The zero-order valence-corrected chi connectivity index (χ0v) is 14.6. The Balaban J connectivity index is 2.77. The van der Waals surface area contributed by atoms with Crippen LogP contribution in [-0.2, 0) is 9.59 Å². The monoisotopic (exact) mass is 312 g/mol. The first kappa shape index (κ1) is 19.1. The Morgan fingerprint density at radius 3 is 2.23 bits per heavy atom. The van der Waals surface area contributed by atoms with Gasteiger partial charge in [0.15, 0.2) is 5.78 Å². The fourth-order valence-corrected chi connectivity index (χ4v) is 3.17. The highest BCUT2D eigenvalue weighted by Gasteiger charge is 2.37. The molecular weight excluding hydrogens is 280 g/mol. The second-order valence-corrected chi connectivity index (χ2v) is 7.28. The highest BCUT2D eigenvalue weighted by atomic mass is 16.3. The summed E-state index contributed by atoms with van der Waals surface area (Å²) in [6, 6.07) is -0.914. The molecular formula is C17H32N2O3. The van der Waals surface area contributed by atoms with E-state index in [4.69, 9.17) is 5.73 Å². The van der Waals surface area contributed by atoms with E-state index in [-0.39, 0.29) is 35.5 Å². The van der Waals surface area contributed by atoms with E-state index in [9.17, 15) is 14.7 Å². The van der Waals surface area contributed by atoms with Crippen LogP contribution in [0.25, 0.3) is 0 Å². The van der Waals surface area contributed by atoms with Gasteiger partial charge in [-0.05, 0) is 37.5 Å². The van der Waals surface area contributed by atoms with Crippen LogP contribution in [0.1, 0.15) is 53.9 Å². The van der Waals surface area contributed by atoms with Crippen LogP contribution in [0.4, 0.5) is 0 Å². The van der Waals surface area contributed by atoms with Gasteiger partial charge in [-0.1, -0.05) is 27.7 Å². The van der Waals surface area contributed by atoms with Crippen LogP contribution in [0.2, 0.25) is 0 Å². The Bertz CT molecular complexity index is 385. The largest absolute Gasteiger partial charge is 0.393 e. The van der Waals surface area contributed by atoms with Crippen molar-refractivity contribution in [1.82, 2.24) is 4.90 Å². The van der Waals surface area contributed by atoms with E-state index in [0.717, 1.165) is 6.42 Å². The molecule has 3 N–H and O–H groups in total. The lowest BCUT2D eigenvalue weighted by molar-refractivity contribution is -0.140. The number of aliphatic hydroxyl groups excluding tert-OH is 1. The number of aliphatic hydroxyl groups is 1. The smallest absolute Gasteiger partial charge is 0.240 e. The quantitative estimate of drug-likeness (QED) is 0.747. The fraction of sp³-hybridized carbons (Fsp3) is 0.882. The Hall–Kier alpha value is -0.940. The molecule has 2 unspecified atom stereocenters. The number of ketones is 1. The van der Waals surface area contributed by atoms with Crippen LogP contribution in [0.3, 0.4) is 0 Å². The topological polar surface area (TPSA) is 83.6 Å². The minimum atomic E-state index is -0.550. The first-order valence-corrected chi connectivity index (χ1v) is 8.43. The summed E-state index contributed by atoms with van der Waals surface area (Å²) in [6.07, 6.45) is 1.35. The predicted octanol–water partition coefficient (Wildman–Crippen LogP) is 1.57. The average Bonchev–Trinajstić information content (AvgIpc) is 2.91. The van der Waals surface area contributed by atoms with Crippen LogP contribution in [0, 0.1) is 17.8 Å². The van der Waals surface area contributed by atoms with Crippen molar-refractivity contribution in [3.05, 3.63) is 0 Å². The lowest BCUT2D eigenvalue weighted by Crippen LogP contribution is -2.50. The molecule has 4 atom stereocenters. The van der Waals surface area contributed by atoms with Crippen LogP contribution in [0.15, 0.2) is 0 Å². The molecule has 0 bridgehead atoms. The highest BCUT2D eigenvalue weighted by Crippen LogP contribution is 2.26. The summed E-state index contributed by atoms with van der Waals surface area (Å²) < 4.78 is 0. The second-order valence-electron chi connectivity index (χ2n) is 7.28. The molecule has 1 aliphatic heterocycles. The molecule has 22 heavy (non-hydrogen) atoms. The van der Waals surface area contributed by atoms with Gasteiger partial charge in [0.05, 0.1) is 18.2 Å². The summed E-state index contributed by atoms with van der Waals surface area (Å²) >= 11 is 0. The van der Waals surface area contributed by atoms with Crippen molar-refractivity contribution < 1.29 is 14.7 Å². The van der Waals surface area contributed by atoms with E-state index in [0.29, 0.717) is 19.4 Å². The molecule has 0 radical (unpaired) electrons. The molecule has 1 aliphatic rings. The van der Waals surface area contributed by atoms with Gasteiger partial charge in [0.1, 0.15) is 0 Å². The second kappa shape index (κ2) is 8.06. The number of carbonyl (C=O) groups excluding carboxylic acids is 2. The van der Waals surface area contributed by atoms with Crippen LogP contribution < -0.4 is 5.73 Å². The van der Waals surface area contributed by atoms with Crippen molar-refractivity contribution in [3.8, 4) is 0 Å². The Kier molecular flexibility index (Phi) is 7.00. The third-order valence-corrected chi connectivity index (χ3v) is 4.82. The first-order valence-electron chi connectivity index (χ1n) is 8.43. The zero-order chi connectivity index (χ0) is 17.0. The molecule has 5 heteroatoms. The van der Waals surface area contributed by atoms with Gasteiger partial charge in [-0.3, -0.25) is 9.59 Å². The number of hydrogen-bond donors (Lipinski definition) is 2. The summed E-state index contributed by atoms with van der Waals surface area (Å²) in [7, 11) is 0. The van der Waals surface area contributed by atoms with Crippen LogP contribution in [0.5, 0.6) is 0 Å². The fourth-order valence-electron chi connectivity index (χ4n) is 3.17. The lowest BCUT2D eigenvalue weighted by atomic mass is 9.85. The molecule has 128 valence electrons. The van der Waals surface area contributed by atoms with Crippen molar-refractivity contribution in [2.45, 2.75) is 72.1 Å². The van der Waals surface area contributed by atoms with Crippen molar-refractivity contribution >= 4 is 11.7 Å². The summed E-state index contributed by atoms with van der Waals surface area (Å²) in [5.74, 6) is 0.159. The van der Waals surface area contributed by atoms with E-state index >= 15 is 0 Å². The van der Waals surface area contributed by atoms with E-state index in [1.54, 1.807) is 11.8 Å². The third kappa shape index (κ3) is 4.53. The normalized spacial score (nSPS) is 23.0. The average molecular weight is 312 g/mol. The molecule has 1 saturated heterocycles. The molecule has 1 heterocycles. The molecule has 0 aliphatic carbocycles. The maximum absolute atomic E-state index is 12.6. The van der Waals surface area contributed by atoms with Crippen molar-refractivity contribution in [2.75, 3.05) is 6.54 Å². The van der Waals surface area contributed by atoms with Crippen LogP contribution in [-0.4, -0.2) is 46.4 Å². The molecule has 1 rings (SSSR count). The van der Waals surface area contributed by atoms with Crippen LogP contribution >= 0.6 is 0 Å². The van der Waals surface area contributed by atoms with E-state index in [2.05, 4.69) is 0 Å². The number of Topliss-reactive ketones (excluding diaryl/α,β-unsaturated/α-hetero) is 1. The van der Waals surface area contributed by atoms with Crippen molar-refractivity contribution in [1.29, 1.82) is 0 Å².